The molecule has 98 valence electrons. The topological polar surface area (TPSA) is 27.0 Å². The van der Waals surface area contributed by atoms with Gasteiger partial charge in [-0.05, 0) is 33.2 Å². The van der Waals surface area contributed by atoms with E-state index in [4.69, 9.17) is 5.26 Å². The minimum absolute atomic E-state index is 0.141. The second-order valence-corrected chi connectivity index (χ2v) is 7.85. The van der Waals surface area contributed by atoms with Gasteiger partial charge in [0.15, 0.2) is 0 Å². The SMILES string of the molecule is CC1CN(CCCCC(C)(C)C#N)CC(C)S1. The molecule has 2 nitrogen and oxygen atoms in total. The highest BCUT2D eigenvalue weighted by molar-refractivity contribution is 8.00. The van der Waals surface area contributed by atoms with Crippen LogP contribution in [-0.2, 0) is 0 Å². The van der Waals surface area contributed by atoms with Crippen molar-refractivity contribution in [3.8, 4) is 6.07 Å². The zero-order valence-corrected chi connectivity index (χ0v) is 12.5. The van der Waals surface area contributed by atoms with Gasteiger partial charge in [-0.2, -0.15) is 17.0 Å². The van der Waals surface area contributed by atoms with Crippen molar-refractivity contribution in [3.05, 3.63) is 0 Å². The van der Waals surface area contributed by atoms with Crippen LogP contribution in [0.3, 0.4) is 0 Å². The van der Waals surface area contributed by atoms with Gasteiger partial charge >= 0.3 is 0 Å². The Hall–Kier alpha value is -0.200. The fourth-order valence-electron chi connectivity index (χ4n) is 2.43. The molecule has 17 heavy (non-hydrogen) atoms. The molecule has 1 aliphatic heterocycles. The second kappa shape index (κ2) is 6.66. The van der Waals surface area contributed by atoms with E-state index in [0.29, 0.717) is 0 Å². The van der Waals surface area contributed by atoms with Crippen LogP contribution in [0.1, 0.15) is 47.0 Å². The molecule has 0 aromatic heterocycles. The number of nitriles is 1. The van der Waals surface area contributed by atoms with Crippen molar-refractivity contribution in [1.82, 2.24) is 4.90 Å². The van der Waals surface area contributed by atoms with Crippen LogP contribution in [0.4, 0.5) is 0 Å². The third-order valence-corrected chi connectivity index (χ3v) is 4.55. The third kappa shape index (κ3) is 5.79. The minimum Gasteiger partial charge on any atom is -0.301 e. The average molecular weight is 254 g/mol. The monoisotopic (exact) mass is 254 g/mol. The molecular weight excluding hydrogens is 228 g/mol. The van der Waals surface area contributed by atoms with E-state index >= 15 is 0 Å². The molecule has 2 atom stereocenters. The molecule has 1 fully saturated rings. The quantitative estimate of drug-likeness (QED) is 0.702. The zero-order valence-electron chi connectivity index (χ0n) is 11.7. The van der Waals surface area contributed by atoms with Gasteiger partial charge in [0.25, 0.3) is 0 Å². The van der Waals surface area contributed by atoms with E-state index in [1.54, 1.807) is 0 Å². The largest absolute Gasteiger partial charge is 0.301 e. The minimum atomic E-state index is -0.141. The molecule has 0 aromatic carbocycles. The van der Waals surface area contributed by atoms with Crippen molar-refractivity contribution in [2.45, 2.75) is 57.5 Å². The summed E-state index contributed by atoms with van der Waals surface area (Å²) < 4.78 is 0. The number of unbranched alkanes of at least 4 members (excludes halogenated alkanes) is 1. The zero-order chi connectivity index (χ0) is 12.9. The molecule has 2 unspecified atom stereocenters. The van der Waals surface area contributed by atoms with Crippen LogP contribution < -0.4 is 0 Å². The first-order chi connectivity index (χ1) is 7.93. The van der Waals surface area contributed by atoms with Crippen LogP contribution in [0.25, 0.3) is 0 Å². The lowest BCUT2D eigenvalue weighted by molar-refractivity contribution is 0.260. The lowest BCUT2D eigenvalue weighted by Crippen LogP contribution is -2.40. The van der Waals surface area contributed by atoms with E-state index in [2.05, 4.69) is 36.6 Å². The van der Waals surface area contributed by atoms with Crippen LogP contribution in [0.15, 0.2) is 0 Å². The molecule has 0 aliphatic carbocycles. The van der Waals surface area contributed by atoms with Gasteiger partial charge in [-0.3, -0.25) is 0 Å². The van der Waals surface area contributed by atoms with E-state index < -0.39 is 0 Å². The van der Waals surface area contributed by atoms with Crippen molar-refractivity contribution in [1.29, 1.82) is 5.26 Å². The molecule has 0 saturated carbocycles. The Labute approximate surface area is 111 Å². The van der Waals surface area contributed by atoms with Crippen LogP contribution >= 0.6 is 11.8 Å². The van der Waals surface area contributed by atoms with Crippen molar-refractivity contribution >= 4 is 11.8 Å². The molecule has 1 saturated heterocycles. The molecule has 0 amide bonds. The maximum Gasteiger partial charge on any atom is 0.0683 e. The summed E-state index contributed by atoms with van der Waals surface area (Å²) in [5.74, 6) is 0. The Kier molecular flexibility index (Phi) is 5.82. The number of nitrogens with zero attached hydrogens (tertiary/aromatic N) is 2. The second-order valence-electron chi connectivity index (χ2n) is 5.97. The Balaban J connectivity index is 2.17. The standard InChI is InChI=1S/C14H26N2S/c1-12-9-16(10-13(2)17-12)8-6-5-7-14(3,4)11-15/h12-13H,5-10H2,1-4H3. The van der Waals surface area contributed by atoms with Gasteiger partial charge in [0.1, 0.15) is 0 Å². The lowest BCUT2D eigenvalue weighted by Gasteiger charge is -2.34. The lowest BCUT2D eigenvalue weighted by atomic mass is 9.89. The predicted molar refractivity (Wildman–Crippen MR) is 76.2 cm³/mol. The summed E-state index contributed by atoms with van der Waals surface area (Å²) in [7, 11) is 0. The molecule has 1 rings (SSSR count). The average Bonchev–Trinajstić information content (AvgIpc) is 2.23. The molecule has 3 heteroatoms. The molecule has 0 spiro atoms. The van der Waals surface area contributed by atoms with Crippen LogP contribution in [0.2, 0.25) is 0 Å². The van der Waals surface area contributed by atoms with Gasteiger partial charge in [-0.25, -0.2) is 0 Å². The summed E-state index contributed by atoms with van der Waals surface area (Å²) in [4.78, 5) is 2.59. The third-order valence-electron chi connectivity index (χ3n) is 3.32. The summed E-state index contributed by atoms with van der Waals surface area (Å²) in [6, 6.07) is 2.38. The highest BCUT2D eigenvalue weighted by atomic mass is 32.2. The maximum atomic E-state index is 8.95. The van der Waals surface area contributed by atoms with Crippen molar-refractivity contribution in [3.63, 3.8) is 0 Å². The molecule has 0 aromatic rings. The first-order valence-electron chi connectivity index (χ1n) is 6.72. The fraction of sp³-hybridized carbons (Fsp3) is 0.929. The highest BCUT2D eigenvalue weighted by Crippen LogP contribution is 2.25. The summed E-state index contributed by atoms with van der Waals surface area (Å²) in [6.07, 6.45) is 3.43. The van der Waals surface area contributed by atoms with Crippen LogP contribution in [0, 0.1) is 16.7 Å². The number of rotatable bonds is 5. The summed E-state index contributed by atoms with van der Waals surface area (Å²) in [6.45, 7) is 12.4. The molecule has 0 bridgehead atoms. The van der Waals surface area contributed by atoms with Gasteiger partial charge in [0.2, 0.25) is 0 Å². The predicted octanol–water partition coefficient (Wildman–Crippen LogP) is 3.53. The van der Waals surface area contributed by atoms with Crippen molar-refractivity contribution < 1.29 is 0 Å². The van der Waals surface area contributed by atoms with E-state index in [1.165, 1.54) is 32.5 Å². The van der Waals surface area contributed by atoms with Gasteiger partial charge < -0.3 is 4.90 Å². The maximum absolute atomic E-state index is 8.95. The Morgan fingerprint density at radius 3 is 2.35 bits per heavy atom. The normalized spacial score (nSPS) is 26.8. The van der Waals surface area contributed by atoms with Gasteiger partial charge in [-0.1, -0.05) is 20.3 Å². The molecule has 0 N–H and O–H groups in total. The summed E-state index contributed by atoms with van der Waals surface area (Å²) in [5.41, 5.74) is -0.141. The molecular formula is C14H26N2S. The van der Waals surface area contributed by atoms with Crippen LogP contribution in [-0.4, -0.2) is 35.0 Å². The Morgan fingerprint density at radius 1 is 1.24 bits per heavy atom. The number of hydrogen-bond donors (Lipinski definition) is 0. The molecule has 0 radical (unpaired) electrons. The van der Waals surface area contributed by atoms with E-state index in [9.17, 15) is 0 Å². The highest BCUT2D eigenvalue weighted by Gasteiger charge is 2.22. The smallest absolute Gasteiger partial charge is 0.0683 e. The van der Waals surface area contributed by atoms with Gasteiger partial charge in [0.05, 0.1) is 11.5 Å². The Bertz CT molecular complexity index is 260. The molecule has 1 aliphatic rings. The Morgan fingerprint density at radius 2 is 1.82 bits per heavy atom. The number of thioether (sulfide) groups is 1. The summed E-state index contributed by atoms with van der Waals surface area (Å²) >= 11 is 2.11. The van der Waals surface area contributed by atoms with Crippen LogP contribution in [0.5, 0.6) is 0 Å². The van der Waals surface area contributed by atoms with E-state index in [0.717, 1.165) is 16.9 Å². The van der Waals surface area contributed by atoms with Crippen molar-refractivity contribution in [2.75, 3.05) is 19.6 Å². The van der Waals surface area contributed by atoms with E-state index in [-0.39, 0.29) is 5.41 Å². The first kappa shape index (κ1) is 14.9. The molecule has 1 heterocycles. The van der Waals surface area contributed by atoms with Gasteiger partial charge in [0, 0.05) is 23.6 Å². The summed E-state index contributed by atoms with van der Waals surface area (Å²) in [5, 5.41) is 10.5. The van der Waals surface area contributed by atoms with E-state index in [1.807, 2.05) is 13.8 Å². The van der Waals surface area contributed by atoms with Crippen molar-refractivity contribution in [2.24, 2.45) is 5.41 Å². The number of hydrogen-bond acceptors (Lipinski definition) is 3. The first-order valence-corrected chi connectivity index (χ1v) is 7.66. The fourth-order valence-corrected chi connectivity index (χ4v) is 3.81. The van der Waals surface area contributed by atoms with Gasteiger partial charge in [-0.15, -0.1) is 0 Å².